The third kappa shape index (κ3) is 3.79. The highest BCUT2D eigenvalue weighted by atomic mass is 17.2. The van der Waals surface area contributed by atoms with E-state index in [9.17, 15) is 9.90 Å². The van der Waals surface area contributed by atoms with Crippen LogP contribution in [0, 0.1) is 28.6 Å². The summed E-state index contributed by atoms with van der Waals surface area (Å²) in [6.45, 7) is 15.7. The molecule has 1 N–H and O–H groups in total. The van der Waals surface area contributed by atoms with E-state index in [1.807, 2.05) is 0 Å². The predicted octanol–water partition coefficient (Wildman–Crippen LogP) is 6.16. The topological polar surface area (TPSA) is 55.8 Å². The molecule has 1 heterocycles. The fraction of sp³-hybridized carbons (Fsp3) is 0.875. The molecule has 2 saturated carbocycles. The maximum Gasteiger partial charge on any atom is 0.308 e. The van der Waals surface area contributed by atoms with Crippen LogP contribution in [0.1, 0.15) is 92.4 Å². The van der Waals surface area contributed by atoms with Crippen LogP contribution in [0.5, 0.6) is 0 Å². The van der Waals surface area contributed by atoms with Gasteiger partial charge in [0.25, 0.3) is 0 Å². The molecule has 4 nitrogen and oxygen atoms in total. The van der Waals surface area contributed by atoms with Crippen LogP contribution in [-0.2, 0) is 14.6 Å². The Morgan fingerprint density at radius 2 is 1.93 bits per heavy atom. The van der Waals surface area contributed by atoms with E-state index in [2.05, 4.69) is 34.3 Å². The minimum absolute atomic E-state index is 0.284. The van der Waals surface area contributed by atoms with Crippen LogP contribution in [0.15, 0.2) is 12.2 Å². The van der Waals surface area contributed by atoms with Crippen molar-refractivity contribution in [3.63, 3.8) is 0 Å². The molecule has 0 spiro atoms. The first-order valence-corrected chi connectivity index (χ1v) is 11.3. The Morgan fingerprint density at radius 1 is 1.21 bits per heavy atom. The summed E-state index contributed by atoms with van der Waals surface area (Å²) in [5.41, 5.74) is 1.72. The van der Waals surface area contributed by atoms with Gasteiger partial charge in [-0.1, -0.05) is 32.9 Å². The highest BCUT2D eigenvalue weighted by Gasteiger charge is 2.54. The van der Waals surface area contributed by atoms with E-state index in [0.29, 0.717) is 11.8 Å². The second-order valence-electron chi connectivity index (χ2n) is 10.7. The van der Waals surface area contributed by atoms with Gasteiger partial charge >= 0.3 is 5.97 Å². The first-order valence-electron chi connectivity index (χ1n) is 11.3. The van der Waals surface area contributed by atoms with Crippen molar-refractivity contribution < 1.29 is 19.7 Å². The van der Waals surface area contributed by atoms with E-state index < -0.39 is 11.9 Å². The normalized spacial score (nSPS) is 45.3. The molecule has 1 aliphatic heterocycles. The molecule has 4 heteroatoms. The molecule has 0 aromatic rings. The highest BCUT2D eigenvalue weighted by Crippen LogP contribution is 2.63. The maximum atomic E-state index is 11.2. The van der Waals surface area contributed by atoms with Crippen molar-refractivity contribution in [3.8, 4) is 0 Å². The zero-order chi connectivity index (χ0) is 20.7. The van der Waals surface area contributed by atoms with Gasteiger partial charge in [-0.2, -0.15) is 0 Å². The summed E-state index contributed by atoms with van der Waals surface area (Å²) in [6, 6.07) is 0. The summed E-state index contributed by atoms with van der Waals surface area (Å²) >= 11 is 0. The van der Waals surface area contributed by atoms with E-state index in [4.69, 9.17) is 9.78 Å². The first kappa shape index (κ1) is 21.8. The van der Waals surface area contributed by atoms with Gasteiger partial charge in [-0.3, -0.25) is 4.79 Å². The van der Waals surface area contributed by atoms with Crippen molar-refractivity contribution in [1.29, 1.82) is 0 Å². The smallest absolute Gasteiger partial charge is 0.308 e. The minimum atomic E-state index is -0.822. The van der Waals surface area contributed by atoms with Crippen LogP contribution in [0.4, 0.5) is 0 Å². The van der Waals surface area contributed by atoms with Crippen molar-refractivity contribution in [2.75, 3.05) is 0 Å². The average Bonchev–Trinajstić information content (AvgIpc) is 2.66. The van der Waals surface area contributed by atoms with Crippen molar-refractivity contribution in [2.45, 2.75) is 104 Å². The minimum Gasteiger partial charge on any atom is -0.481 e. The monoisotopic (exact) mass is 392 g/mol. The quantitative estimate of drug-likeness (QED) is 0.450. The summed E-state index contributed by atoms with van der Waals surface area (Å²) < 4.78 is 0. The Kier molecular flexibility index (Phi) is 6.05. The summed E-state index contributed by atoms with van der Waals surface area (Å²) in [5, 5.41) is 9.21. The molecular weight excluding hydrogens is 352 g/mol. The number of carboxylic acids is 1. The van der Waals surface area contributed by atoms with Crippen LogP contribution >= 0.6 is 0 Å². The molecular formula is C24H40O4. The highest BCUT2D eigenvalue weighted by molar-refractivity contribution is 5.70. The first-order chi connectivity index (χ1) is 13.0. The Hall–Kier alpha value is -0.870. The molecule has 2 unspecified atom stereocenters. The van der Waals surface area contributed by atoms with Crippen LogP contribution in [0.3, 0.4) is 0 Å². The third-order valence-corrected chi connectivity index (χ3v) is 9.04. The van der Waals surface area contributed by atoms with Gasteiger partial charge < -0.3 is 5.11 Å². The number of carbonyl (C=O) groups is 1. The van der Waals surface area contributed by atoms with Gasteiger partial charge in [0, 0.05) is 0 Å². The van der Waals surface area contributed by atoms with E-state index >= 15 is 0 Å². The molecule has 160 valence electrons. The molecule has 3 aliphatic rings. The Morgan fingerprint density at radius 3 is 2.54 bits per heavy atom. The van der Waals surface area contributed by atoms with Crippen LogP contribution < -0.4 is 0 Å². The SMILES string of the molecule is C=C1CCC[C@H]2[C@](C)(CCC3(C)CCC([C@@H](C)C(=O)O)OO3)[C@@H](C)CC[C@]12C. The average molecular weight is 393 g/mol. The number of hydrogen-bond acceptors (Lipinski definition) is 3. The number of carboxylic acid groups (broad SMARTS) is 1. The van der Waals surface area contributed by atoms with Gasteiger partial charge in [0.1, 0.15) is 11.7 Å². The molecule has 7 atom stereocenters. The predicted molar refractivity (Wildman–Crippen MR) is 111 cm³/mol. The number of aliphatic carboxylic acids is 1. The largest absolute Gasteiger partial charge is 0.481 e. The number of allylic oxidation sites excluding steroid dienone is 1. The second-order valence-corrected chi connectivity index (χ2v) is 10.7. The van der Waals surface area contributed by atoms with Gasteiger partial charge in [-0.25, -0.2) is 9.78 Å². The summed E-state index contributed by atoms with van der Waals surface area (Å²) in [7, 11) is 0. The lowest BCUT2D eigenvalue weighted by atomic mass is 9.46. The lowest BCUT2D eigenvalue weighted by molar-refractivity contribution is -0.412. The lowest BCUT2D eigenvalue weighted by Crippen LogP contribution is -2.51. The standard InChI is InChI=1S/C24H40O4/c1-16-8-7-9-20-23(16,5)13-10-17(2)24(20,6)15-14-22(4)12-11-19(27-28-22)18(3)21(25)26/h17-20H,1,7-15H2,2-6H3,(H,25,26)/t17-,18+,19?,20+,22?,23+,24+/m0/s1. The molecule has 3 fully saturated rings. The summed E-state index contributed by atoms with van der Waals surface area (Å²) in [4.78, 5) is 22.6. The summed E-state index contributed by atoms with van der Waals surface area (Å²) in [6.07, 6.45) is 9.66. The Labute approximate surface area is 171 Å². The fourth-order valence-corrected chi connectivity index (χ4v) is 6.30. The molecule has 28 heavy (non-hydrogen) atoms. The van der Waals surface area contributed by atoms with Crippen LogP contribution in [-0.4, -0.2) is 22.8 Å². The van der Waals surface area contributed by atoms with E-state index in [0.717, 1.165) is 25.7 Å². The molecule has 0 bridgehead atoms. The molecule has 0 amide bonds. The van der Waals surface area contributed by atoms with Crippen LogP contribution in [0.25, 0.3) is 0 Å². The zero-order valence-corrected chi connectivity index (χ0v) is 18.6. The Balaban J connectivity index is 1.67. The number of rotatable bonds is 5. The van der Waals surface area contributed by atoms with Gasteiger partial charge in [0.2, 0.25) is 0 Å². The van der Waals surface area contributed by atoms with Gasteiger partial charge in [-0.15, -0.1) is 0 Å². The molecule has 0 aromatic heterocycles. The van der Waals surface area contributed by atoms with Crippen molar-refractivity contribution in [1.82, 2.24) is 0 Å². The number of fused-ring (bicyclic) bond motifs is 1. The fourth-order valence-electron chi connectivity index (χ4n) is 6.30. The molecule has 1 saturated heterocycles. The zero-order valence-electron chi connectivity index (χ0n) is 18.6. The summed E-state index contributed by atoms with van der Waals surface area (Å²) in [5.74, 6) is 0.0363. The number of hydrogen-bond donors (Lipinski definition) is 1. The van der Waals surface area contributed by atoms with Crippen molar-refractivity contribution in [3.05, 3.63) is 12.2 Å². The maximum absolute atomic E-state index is 11.2. The van der Waals surface area contributed by atoms with Crippen molar-refractivity contribution >= 4 is 5.97 Å². The van der Waals surface area contributed by atoms with Gasteiger partial charge in [0.05, 0.1) is 5.92 Å². The molecule has 2 aliphatic carbocycles. The van der Waals surface area contributed by atoms with Gasteiger partial charge in [0.15, 0.2) is 0 Å². The molecule has 0 aromatic carbocycles. The van der Waals surface area contributed by atoms with E-state index in [1.165, 1.54) is 37.7 Å². The van der Waals surface area contributed by atoms with E-state index in [1.54, 1.807) is 6.92 Å². The van der Waals surface area contributed by atoms with Crippen molar-refractivity contribution in [2.24, 2.45) is 28.6 Å². The van der Waals surface area contributed by atoms with Crippen LogP contribution in [0.2, 0.25) is 0 Å². The second kappa shape index (κ2) is 7.75. The lowest BCUT2D eigenvalue weighted by Gasteiger charge is -2.59. The molecule has 0 radical (unpaired) electrons. The van der Waals surface area contributed by atoms with E-state index in [-0.39, 0.29) is 22.5 Å². The Bertz CT molecular complexity index is 606. The molecule has 3 rings (SSSR count). The van der Waals surface area contributed by atoms with Gasteiger partial charge in [-0.05, 0) is 94.3 Å². The third-order valence-electron chi connectivity index (χ3n) is 9.04.